The summed E-state index contributed by atoms with van der Waals surface area (Å²) in [5.74, 6) is 1.48. The monoisotopic (exact) mass is 214 g/mol. The maximum atomic E-state index is 3.55. The van der Waals surface area contributed by atoms with Crippen molar-refractivity contribution in [3.05, 3.63) is 0 Å². The molecule has 0 aromatic rings. The van der Waals surface area contributed by atoms with Gasteiger partial charge in [0.2, 0.25) is 0 Å². The van der Waals surface area contributed by atoms with Gasteiger partial charge in [-0.15, -0.1) is 0 Å². The second-order valence-electron chi connectivity index (χ2n) is 6.35. The van der Waals surface area contributed by atoms with Gasteiger partial charge in [0.05, 0.1) is 0 Å². The largest absolute Gasteiger partial charge is 0.312 e. The summed E-state index contributed by atoms with van der Waals surface area (Å²) in [5.41, 5.74) is 0.241. The lowest BCUT2D eigenvalue weighted by Crippen LogP contribution is -2.41. The molecule has 0 aliphatic carbocycles. The van der Waals surface area contributed by atoms with Crippen LogP contribution in [0.4, 0.5) is 0 Å². The number of nitrogens with zero attached hydrogens (tertiary/aromatic N) is 1. The van der Waals surface area contributed by atoms with E-state index < -0.39 is 0 Å². The van der Waals surface area contributed by atoms with Crippen LogP contribution < -0.4 is 5.32 Å². The van der Waals surface area contributed by atoms with Crippen LogP contribution in [0.1, 0.15) is 41.5 Å². The Bertz CT molecular complexity index is 158. The third-order valence-electron chi connectivity index (χ3n) is 2.28. The summed E-state index contributed by atoms with van der Waals surface area (Å²) in [6.07, 6.45) is 0. The van der Waals surface area contributed by atoms with E-state index in [1.54, 1.807) is 0 Å². The van der Waals surface area contributed by atoms with E-state index in [0.29, 0.717) is 5.92 Å². The Hall–Kier alpha value is -0.0800. The molecule has 0 radical (unpaired) electrons. The fourth-order valence-electron chi connectivity index (χ4n) is 1.77. The van der Waals surface area contributed by atoms with E-state index >= 15 is 0 Å². The molecule has 1 N–H and O–H groups in total. The van der Waals surface area contributed by atoms with Gasteiger partial charge in [-0.3, -0.25) is 0 Å². The topological polar surface area (TPSA) is 15.3 Å². The van der Waals surface area contributed by atoms with Crippen molar-refractivity contribution in [3.63, 3.8) is 0 Å². The molecule has 0 aliphatic rings. The van der Waals surface area contributed by atoms with E-state index in [9.17, 15) is 0 Å². The van der Waals surface area contributed by atoms with Gasteiger partial charge in [0.25, 0.3) is 0 Å². The van der Waals surface area contributed by atoms with Gasteiger partial charge in [-0.05, 0) is 46.2 Å². The molecule has 1 unspecified atom stereocenters. The molecule has 0 amide bonds. The highest BCUT2D eigenvalue weighted by atomic mass is 15.1. The minimum Gasteiger partial charge on any atom is -0.312 e. The number of hydrogen-bond acceptors (Lipinski definition) is 2. The Morgan fingerprint density at radius 2 is 1.60 bits per heavy atom. The summed E-state index contributed by atoms with van der Waals surface area (Å²) in [7, 11) is 2.22. The highest BCUT2D eigenvalue weighted by molar-refractivity contribution is 4.73. The number of nitrogens with one attached hydrogen (secondary N) is 1. The Labute approximate surface area is 96.4 Å². The second kappa shape index (κ2) is 6.49. The van der Waals surface area contributed by atoms with Crippen LogP contribution in [0.15, 0.2) is 0 Å². The lowest BCUT2D eigenvalue weighted by Gasteiger charge is -2.27. The van der Waals surface area contributed by atoms with Crippen LogP contribution in [0.25, 0.3) is 0 Å². The van der Waals surface area contributed by atoms with Gasteiger partial charge in [-0.25, -0.2) is 0 Å². The molecule has 0 aromatic carbocycles. The quantitative estimate of drug-likeness (QED) is 0.731. The Kier molecular flexibility index (Phi) is 6.46. The fraction of sp³-hybridized carbons (Fsp3) is 1.00. The maximum absolute atomic E-state index is 3.55. The van der Waals surface area contributed by atoms with Crippen LogP contribution >= 0.6 is 0 Å². The Morgan fingerprint density at radius 1 is 1.07 bits per heavy atom. The maximum Gasteiger partial charge on any atom is 0.00966 e. The molecule has 1 atom stereocenters. The van der Waals surface area contributed by atoms with Crippen molar-refractivity contribution < 1.29 is 0 Å². The number of rotatable bonds is 6. The molecule has 92 valence electrons. The van der Waals surface area contributed by atoms with Gasteiger partial charge in [0.15, 0.2) is 0 Å². The lowest BCUT2D eigenvalue weighted by molar-refractivity contribution is 0.245. The summed E-state index contributed by atoms with van der Waals surface area (Å²) < 4.78 is 0. The predicted octanol–water partition coefficient (Wildman–Crippen LogP) is 2.60. The molecule has 2 heteroatoms. The standard InChI is InChI=1S/C13H30N2/c1-11(2)9-15(7)10-12(3)8-14-13(4,5)6/h11-12,14H,8-10H2,1-7H3. The molecular weight excluding hydrogens is 184 g/mol. The van der Waals surface area contributed by atoms with E-state index in [-0.39, 0.29) is 5.54 Å². The highest BCUT2D eigenvalue weighted by Gasteiger charge is 2.12. The van der Waals surface area contributed by atoms with Crippen molar-refractivity contribution in [2.75, 3.05) is 26.7 Å². The molecule has 0 rings (SSSR count). The molecule has 0 saturated carbocycles. The first-order valence-electron chi connectivity index (χ1n) is 6.14. The Morgan fingerprint density at radius 3 is 2.00 bits per heavy atom. The zero-order valence-electron chi connectivity index (χ0n) is 11.7. The summed E-state index contributed by atoms with van der Waals surface area (Å²) in [6, 6.07) is 0. The van der Waals surface area contributed by atoms with E-state index in [4.69, 9.17) is 0 Å². The van der Waals surface area contributed by atoms with Gasteiger partial charge in [-0.1, -0.05) is 20.8 Å². The molecule has 0 heterocycles. The van der Waals surface area contributed by atoms with Gasteiger partial charge >= 0.3 is 0 Å². The number of hydrogen-bond donors (Lipinski definition) is 1. The fourth-order valence-corrected chi connectivity index (χ4v) is 1.77. The Balaban J connectivity index is 3.69. The van der Waals surface area contributed by atoms with Crippen molar-refractivity contribution >= 4 is 0 Å². The van der Waals surface area contributed by atoms with Crippen molar-refractivity contribution in [2.24, 2.45) is 11.8 Å². The zero-order chi connectivity index (χ0) is 12.1. The first kappa shape index (κ1) is 14.9. The molecule has 15 heavy (non-hydrogen) atoms. The van der Waals surface area contributed by atoms with Gasteiger partial charge in [-0.2, -0.15) is 0 Å². The normalized spacial score (nSPS) is 15.0. The molecule has 0 fully saturated rings. The van der Waals surface area contributed by atoms with Crippen LogP contribution in [0.2, 0.25) is 0 Å². The van der Waals surface area contributed by atoms with Crippen molar-refractivity contribution in [2.45, 2.75) is 47.1 Å². The lowest BCUT2D eigenvalue weighted by atomic mass is 10.1. The van der Waals surface area contributed by atoms with Crippen LogP contribution in [0.5, 0.6) is 0 Å². The van der Waals surface area contributed by atoms with Gasteiger partial charge in [0.1, 0.15) is 0 Å². The van der Waals surface area contributed by atoms with Gasteiger partial charge in [0, 0.05) is 18.6 Å². The van der Waals surface area contributed by atoms with Crippen LogP contribution in [-0.2, 0) is 0 Å². The zero-order valence-corrected chi connectivity index (χ0v) is 11.7. The van der Waals surface area contributed by atoms with E-state index in [1.807, 2.05) is 0 Å². The average molecular weight is 214 g/mol. The summed E-state index contributed by atoms with van der Waals surface area (Å²) in [5, 5.41) is 3.55. The van der Waals surface area contributed by atoms with Crippen LogP contribution in [0.3, 0.4) is 0 Å². The van der Waals surface area contributed by atoms with Crippen molar-refractivity contribution in [3.8, 4) is 0 Å². The highest BCUT2D eigenvalue weighted by Crippen LogP contribution is 2.04. The summed E-state index contributed by atoms with van der Waals surface area (Å²) >= 11 is 0. The second-order valence-corrected chi connectivity index (χ2v) is 6.35. The molecule has 2 nitrogen and oxygen atoms in total. The summed E-state index contributed by atoms with van der Waals surface area (Å²) in [4.78, 5) is 2.43. The third-order valence-corrected chi connectivity index (χ3v) is 2.28. The molecule has 0 spiro atoms. The van der Waals surface area contributed by atoms with Gasteiger partial charge < -0.3 is 10.2 Å². The molecule has 0 saturated heterocycles. The van der Waals surface area contributed by atoms with E-state index in [0.717, 1.165) is 12.5 Å². The molecule has 0 bridgehead atoms. The average Bonchev–Trinajstić information content (AvgIpc) is 1.97. The van der Waals surface area contributed by atoms with Crippen LogP contribution in [0, 0.1) is 11.8 Å². The molecule has 0 aliphatic heterocycles. The molecular formula is C13H30N2. The van der Waals surface area contributed by atoms with E-state index in [2.05, 4.69) is 58.8 Å². The predicted molar refractivity (Wildman–Crippen MR) is 69.3 cm³/mol. The first-order chi connectivity index (χ1) is 6.70. The summed E-state index contributed by atoms with van der Waals surface area (Å²) in [6.45, 7) is 17.0. The third kappa shape index (κ3) is 10.2. The SMILES string of the molecule is CC(C)CN(C)CC(C)CNC(C)(C)C. The first-order valence-corrected chi connectivity index (χ1v) is 6.14. The van der Waals surface area contributed by atoms with Crippen molar-refractivity contribution in [1.29, 1.82) is 0 Å². The minimum atomic E-state index is 0.241. The smallest absolute Gasteiger partial charge is 0.00966 e. The minimum absolute atomic E-state index is 0.241. The van der Waals surface area contributed by atoms with Crippen molar-refractivity contribution in [1.82, 2.24) is 10.2 Å². The van der Waals surface area contributed by atoms with Crippen LogP contribution in [-0.4, -0.2) is 37.1 Å². The van der Waals surface area contributed by atoms with E-state index in [1.165, 1.54) is 13.1 Å². The molecule has 0 aromatic heterocycles.